The highest BCUT2D eigenvalue weighted by Gasteiger charge is 1.94. The van der Waals surface area contributed by atoms with E-state index in [4.69, 9.17) is 4.74 Å². The molecule has 0 rings (SSSR count). The van der Waals surface area contributed by atoms with Crippen molar-refractivity contribution < 1.29 is 9.53 Å². The molecule has 0 fully saturated rings. The average Bonchev–Trinajstić information content (AvgIpc) is 2.10. The van der Waals surface area contributed by atoms with Crippen LogP contribution in [-0.4, -0.2) is 12.6 Å². The summed E-state index contributed by atoms with van der Waals surface area (Å²) in [6.45, 7) is 4.46. The van der Waals surface area contributed by atoms with E-state index in [1.165, 1.54) is 6.42 Å². The Labute approximate surface area is 74.6 Å². The molecule has 0 aliphatic heterocycles. The van der Waals surface area contributed by atoms with Crippen LogP contribution >= 0.6 is 0 Å². The van der Waals surface area contributed by atoms with Crippen molar-refractivity contribution in [1.82, 2.24) is 0 Å². The second-order valence-corrected chi connectivity index (χ2v) is 2.62. The number of rotatable bonds is 6. The lowest BCUT2D eigenvalue weighted by molar-refractivity contribution is -0.143. The first kappa shape index (κ1) is 11.2. The van der Waals surface area contributed by atoms with Gasteiger partial charge in [-0.05, 0) is 12.8 Å². The number of unbranched alkanes of at least 4 members (excludes halogenated alkanes) is 1. The van der Waals surface area contributed by atoms with Crippen molar-refractivity contribution in [3.8, 4) is 0 Å². The van der Waals surface area contributed by atoms with Gasteiger partial charge in [-0.3, -0.25) is 4.79 Å². The number of carbonyl (C=O) groups excluding carboxylic acids is 1. The molecule has 0 saturated heterocycles. The van der Waals surface area contributed by atoms with Crippen molar-refractivity contribution in [2.45, 2.75) is 39.5 Å². The Morgan fingerprint density at radius 3 is 2.50 bits per heavy atom. The van der Waals surface area contributed by atoms with Gasteiger partial charge in [0.2, 0.25) is 0 Å². The maximum absolute atomic E-state index is 10.7. The van der Waals surface area contributed by atoms with Crippen LogP contribution < -0.4 is 0 Å². The molecule has 0 unspecified atom stereocenters. The normalized spacial score (nSPS) is 10.5. The molecule has 0 saturated carbocycles. The van der Waals surface area contributed by atoms with Crippen molar-refractivity contribution in [3.63, 3.8) is 0 Å². The molecule has 0 atom stereocenters. The molecule has 0 N–H and O–H groups in total. The predicted octanol–water partition coefficient (Wildman–Crippen LogP) is 2.69. The van der Waals surface area contributed by atoms with Crippen LogP contribution in [-0.2, 0) is 9.53 Å². The zero-order chi connectivity index (χ0) is 9.23. The molecule has 70 valence electrons. The molecule has 0 aromatic heterocycles. The van der Waals surface area contributed by atoms with Crippen molar-refractivity contribution >= 4 is 5.97 Å². The van der Waals surface area contributed by atoms with E-state index in [1.54, 1.807) is 6.92 Å². The molecule has 0 radical (unpaired) electrons. The first-order valence-electron chi connectivity index (χ1n) is 4.61. The van der Waals surface area contributed by atoms with Crippen LogP contribution in [0.15, 0.2) is 12.2 Å². The molecule has 0 aliphatic rings. The fourth-order valence-electron chi connectivity index (χ4n) is 0.745. The lowest BCUT2D eigenvalue weighted by Crippen LogP contribution is -2.02. The third kappa shape index (κ3) is 7.32. The van der Waals surface area contributed by atoms with Gasteiger partial charge in [0.1, 0.15) is 0 Å². The molecule has 0 aromatic carbocycles. The van der Waals surface area contributed by atoms with Gasteiger partial charge in [0.15, 0.2) is 0 Å². The number of hydrogen-bond acceptors (Lipinski definition) is 2. The van der Waals surface area contributed by atoms with Crippen molar-refractivity contribution in [2.75, 3.05) is 6.61 Å². The molecule has 0 aliphatic carbocycles. The standard InChI is InChI=1S/C10H18O2/c1-3-5-6-7-8-9-12-10(11)4-2/h6-7H,3-5,8-9H2,1-2H3/b7-6-. The number of carbonyl (C=O) groups is 1. The summed E-state index contributed by atoms with van der Waals surface area (Å²) in [6, 6.07) is 0. The van der Waals surface area contributed by atoms with Gasteiger partial charge in [-0.25, -0.2) is 0 Å². The molecular formula is C10H18O2. The second kappa shape index (κ2) is 8.31. The fraction of sp³-hybridized carbons (Fsp3) is 0.700. The molecule has 0 heterocycles. The SMILES string of the molecule is CCC/C=C\CCOC(=O)CC. The number of allylic oxidation sites excluding steroid dienone is 1. The van der Waals surface area contributed by atoms with Crippen molar-refractivity contribution in [2.24, 2.45) is 0 Å². The van der Waals surface area contributed by atoms with E-state index in [-0.39, 0.29) is 5.97 Å². The number of hydrogen-bond donors (Lipinski definition) is 0. The maximum atomic E-state index is 10.7. The van der Waals surface area contributed by atoms with Gasteiger partial charge in [0, 0.05) is 6.42 Å². The summed E-state index contributed by atoms with van der Waals surface area (Å²) < 4.78 is 4.88. The van der Waals surface area contributed by atoms with E-state index in [1.807, 2.05) is 0 Å². The quantitative estimate of drug-likeness (QED) is 0.348. The summed E-state index contributed by atoms with van der Waals surface area (Å²) in [6.07, 6.45) is 7.78. The highest BCUT2D eigenvalue weighted by Crippen LogP contribution is 1.93. The van der Waals surface area contributed by atoms with Crippen LogP contribution in [0, 0.1) is 0 Å². The molecule has 2 heteroatoms. The van der Waals surface area contributed by atoms with Gasteiger partial charge in [0.25, 0.3) is 0 Å². The number of ether oxygens (including phenoxy) is 1. The largest absolute Gasteiger partial charge is 0.465 e. The summed E-state index contributed by atoms with van der Waals surface area (Å²) in [4.78, 5) is 10.7. The molecule has 2 nitrogen and oxygen atoms in total. The Bertz CT molecular complexity index is 139. The third-order valence-corrected chi connectivity index (χ3v) is 1.46. The summed E-state index contributed by atoms with van der Waals surface area (Å²) >= 11 is 0. The van der Waals surface area contributed by atoms with Crippen LogP contribution in [0.2, 0.25) is 0 Å². The summed E-state index contributed by atoms with van der Waals surface area (Å²) in [7, 11) is 0. The van der Waals surface area contributed by atoms with Gasteiger partial charge >= 0.3 is 5.97 Å². The summed E-state index contributed by atoms with van der Waals surface area (Å²) in [5.41, 5.74) is 0. The van der Waals surface area contributed by atoms with E-state index in [9.17, 15) is 4.79 Å². The van der Waals surface area contributed by atoms with Crippen LogP contribution in [0.3, 0.4) is 0 Å². The first-order chi connectivity index (χ1) is 5.81. The minimum absolute atomic E-state index is 0.112. The van der Waals surface area contributed by atoms with E-state index in [2.05, 4.69) is 19.1 Å². The second-order valence-electron chi connectivity index (χ2n) is 2.62. The average molecular weight is 170 g/mol. The Kier molecular flexibility index (Phi) is 7.76. The van der Waals surface area contributed by atoms with Gasteiger partial charge in [-0.15, -0.1) is 0 Å². The maximum Gasteiger partial charge on any atom is 0.305 e. The molecule has 0 amide bonds. The molecule has 0 aromatic rings. The first-order valence-corrected chi connectivity index (χ1v) is 4.61. The Morgan fingerprint density at radius 2 is 1.92 bits per heavy atom. The van der Waals surface area contributed by atoms with Gasteiger partial charge < -0.3 is 4.74 Å². The van der Waals surface area contributed by atoms with Crippen LogP contribution in [0.5, 0.6) is 0 Å². The lowest BCUT2D eigenvalue weighted by Gasteiger charge is -1.98. The predicted molar refractivity (Wildman–Crippen MR) is 49.9 cm³/mol. The number of esters is 1. The van der Waals surface area contributed by atoms with Gasteiger partial charge in [-0.2, -0.15) is 0 Å². The molecular weight excluding hydrogens is 152 g/mol. The summed E-state index contributed by atoms with van der Waals surface area (Å²) in [5.74, 6) is -0.112. The van der Waals surface area contributed by atoms with E-state index >= 15 is 0 Å². The summed E-state index contributed by atoms with van der Waals surface area (Å²) in [5, 5.41) is 0. The zero-order valence-electron chi connectivity index (χ0n) is 8.01. The molecule has 12 heavy (non-hydrogen) atoms. The van der Waals surface area contributed by atoms with Crippen molar-refractivity contribution in [1.29, 1.82) is 0 Å². The lowest BCUT2D eigenvalue weighted by atomic mass is 10.3. The Morgan fingerprint density at radius 1 is 1.25 bits per heavy atom. The Hall–Kier alpha value is -0.790. The zero-order valence-corrected chi connectivity index (χ0v) is 8.01. The van der Waals surface area contributed by atoms with Crippen LogP contribution in [0.4, 0.5) is 0 Å². The smallest absolute Gasteiger partial charge is 0.305 e. The van der Waals surface area contributed by atoms with Crippen LogP contribution in [0.25, 0.3) is 0 Å². The van der Waals surface area contributed by atoms with Gasteiger partial charge in [-0.1, -0.05) is 32.4 Å². The van der Waals surface area contributed by atoms with E-state index < -0.39 is 0 Å². The minimum Gasteiger partial charge on any atom is -0.465 e. The van der Waals surface area contributed by atoms with E-state index in [0.717, 1.165) is 12.8 Å². The van der Waals surface area contributed by atoms with Gasteiger partial charge in [0.05, 0.1) is 6.61 Å². The minimum atomic E-state index is -0.112. The molecule has 0 spiro atoms. The van der Waals surface area contributed by atoms with Crippen LogP contribution in [0.1, 0.15) is 39.5 Å². The third-order valence-electron chi connectivity index (χ3n) is 1.46. The highest BCUT2D eigenvalue weighted by molar-refractivity contribution is 5.68. The highest BCUT2D eigenvalue weighted by atomic mass is 16.5. The topological polar surface area (TPSA) is 26.3 Å². The monoisotopic (exact) mass is 170 g/mol. The molecule has 0 bridgehead atoms. The van der Waals surface area contributed by atoms with E-state index in [0.29, 0.717) is 13.0 Å². The Balaban J connectivity index is 3.15. The van der Waals surface area contributed by atoms with Crippen molar-refractivity contribution in [3.05, 3.63) is 12.2 Å². The fourth-order valence-corrected chi connectivity index (χ4v) is 0.745.